The van der Waals surface area contributed by atoms with Gasteiger partial charge in [0.1, 0.15) is 6.61 Å². The zero-order valence-corrected chi connectivity index (χ0v) is 16.6. The van der Waals surface area contributed by atoms with E-state index in [-0.39, 0.29) is 12.3 Å². The first-order chi connectivity index (χ1) is 13.6. The first-order valence-electron chi connectivity index (χ1n) is 10.1. The Labute approximate surface area is 166 Å². The Hall–Kier alpha value is -2.28. The quantitative estimate of drug-likeness (QED) is 0.695. The molecule has 1 unspecified atom stereocenters. The summed E-state index contributed by atoms with van der Waals surface area (Å²) in [5.74, 6) is -0.155. The standard InChI is InChI=1S/C21H30N2O5/c1-27-19-13-16(7-10-23-15-17(21(25)26)14-20(23)24)5-6-18(19)28-12-11-22-8-3-2-4-9-22/h5-6,13,17H,2-4,7-12,14-15H2,1H3,(H,25,26). The van der Waals surface area contributed by atoms with Crippen LogP contribution in [0, 0.1) is 5.92 Å². The Morgan fingerprint density at radius 2 is 1.96 bits per heavy atom. The summed E-state index contributed by atoms with van der Waals surface area (Å²) in [4.78, 5) is 27.1. The molecule has 1 N–H and O–H groups in total. The topological polar surface area (TPSA) is 79.3 Å². The average molecular weight is 390 g/mol. The molecule has 2 heterocycles. The minimum Gasteiger partial charge on any atom is -0.493 e. The number of hydrogen-bond acceptors (Lipinski definition) is 5. The van der Waals surface area contributed by atoms with Crippen molar-refractivity contribution in [3.05, 3.63) is 23.8 Å². The average Bonchev–Trinajstić information content (AvgIpc) is 3.09. The van der Waals surface area contributed by atoms with Crippen molar-refractivity contribution in [3.63, 3.8) is 0 Å². The lowest BCUT2D eigenvalue weighted by Gasteiger charge is -2.26. The van der Waals surface area contributed by atoms with Crippen molar-refractivity contribution in [2.45, 2.75) is 32.1 Å². The summed E-state index contributed by atoms with van der Waals surface area (Å²) >= 11 is 0. The smallest absolute Gasteiger partial charge is 0.308 e. The fraction of sp³-hybridized carbons (Fsp3) is 0.619. The molecular weight excluding hydrogens is 360 g/mol. The van der Waals surface area contributed by atoms with Crippen LogP contribution in [0.1, 0.15) is 31.2 Å². The van der Waals surface area contributed by atoms with E-state index in [1.807, 2.05) is 18.2 Å². The highest BCUT2D eigenvalue weighted by atomic mass is 16.5. The maximum Gasteiger partial charge on any atom is 0.308 e. The number of ether oxygens (including phenoxy) is 2. The third kappa shape index (κ3) is 5.38. The molecule has 2 saturated heterocycles. The number of rotatable bonds is 9. The molecule has 1 amide bonds. The molecular formula is C21H30N2O5. The fourth-order valence-corrected chi connectivity index (χ4v) is 3.87. The first kappa shape index (κ1) is 20.5. The minimum absolute atomic E-state index is 0.0861. The number of nitrogens with zero attached hydrogens (tertiary/aromatic N) is 2. The van der Waals surface area contributed by atoms with E-state index in [0.717, 1.165) is 30.9 Å². The number of piperidine rings is 1. The number of benzene rings is 1. The van der Waals surface area contributed by atoms with E-state index in [2.05, 4.69) is 4.90 Å². The molecule has 0 aromatic heterocycles. The molecule has 2 fully saturated rings. The number of likely N-dealkylation sites (tertiary alicyclic amines) is 2. The van der Waals surface area contributed by atoms with Crippen molar-refractivity contribution in [2.75, 3.05) is 46.4 Å². The van der Waals surface area contributed by atoms with E-state index < -0.39 is 11.9 Å². The van der Waals surface area contributed by atoms with Crippen LogP contribution >= 0.6 is 0 Å². The van der Waals surface area contributed by atoms with Gasteiger partial charge in [0.25, 0.3) is 0 Å². The lowest BCUT2D eigenvalue weighted by molar-refractivity contribution is -0.141. The minimum atomic E-state index is -0.899. The maximum atomic E-state index is 12.0. The van der Waals surface area contributed by atoms with Gasteiger partial charge in [0.05, 0.1) is 13.0 Å². The second-order valence-corrected chi connectivity index (χ2v) is 7.57. The van der Waals surface area contributed by atoms with Crippen LogP contribution in [0.3, 0.4) is 0 Å². The predicted octanol–water partition coefficient (Wildman–Crippen LogP) is 2.04. The lowest BCUT2D eigenvalue weighted by atomic mass is 10.1. The van der Waals surface area contributed by atoms with Gasteiger partial charge in [-0.3, -0.25) is 14.5 Å². The summed E-state index contributed by atoms with van der Waals surface area (Å²) in [6, 6.07) is 5.83. The van der Waals surface area contributed by atoms with Crippen LogP contribution in [0.15, 0.2) is 18.2 Å². The molecule has 0 spiro atoms. The van der Waals surface area contributed by atoms with Gasteiger partial charge in [0.2, 0.25) is 5.91 Å². The summed E-state index contributed by atoms with van der Waals surface area (Å²) < 4.78 is 11.4. The molecule has 0 bridgehead atoms. The number of carboxylic acid groups (broad SMARTS) is 1. The Kier molecular flexibility index (Phi) is 7.14. The van der Waals surface area contributed by atoms with Crippen molar-refractivity contribution < 1.29 is 24.2 Å². The van der Waals surface area contributed by atoms with Gasteiger partial charge in [-0.1, -0.05) is 12.5 Å². The van der Waals surface area contributed by atoms with Crippen molar-refractivity contribution in [1.29, 1.82) is 0 Å². The number of carbonyl (C=O) groups is 2. The number of hydrogen-bond donors (Lipinski definition) is 1. The molecule has 0 saturated carbocycles. The zero-order valence-electron chi connectivity index (χ0n) is 16.6. The van der Waals surface area contributed by atoms with Gasteiger partial charge in [-0.25, -0.2) is 0 Å². The van der Waals surface area contributed by atoms with Crippen molar-refractivity contribution in [1.82, 2.24) is 9.80 Å². The lowest BCUT2D eigenvalue weighted by Crippen LogP contribution is -2.33. The van der Waals surface area contributed by atoms with Crippen molar-refractivity contribution in [2.24, 2.45) is 5.92 Å². The highest BCUT2D eigenvalue weighted by molar-refractivity contribution is 5.86. The molecule has 3 rings (SSSR count). The molecule has 28 heavy (non-hydrogen) atoms. The van der Waals surface area contributed by atoms with Crippen LogP contribution < -0.4 is 9.47 Å². The molecule has 1 atom stereocenters. The van der Waals surface area contributed by atoms with Crippen LogP contribution in [0.5, 0.6) is 11.5 Å². The SMILES string of the molecule is COc1cc(CCN2CC(C(=O)O)CC2=O)ccc1OCCN1CCCCC1. The van der Waals surface area contributed by atoms with Crippen LogP contribution in [0.25, 0.3) is 0 Å². The van der Waals surface area contributed by atoms with Crippen LogP contribution in [-0.2, 0) is 16.0 Å². The molecule has 0 aliphatic carbocycles. The molecule has 0 radical (unpaired) electrons. The second-order valence-electron chi connectivity index (χ2n) is 7.57. The largest absolute Gasteiger partial charge is 0.493 e. The summed E-state index contributed by atoms with van der Waals surface area (Å²) in [6.07, 6.45) is 4.62. The summed E-state index contributed by atoms with van der Waals surface area (Å²) in [6.45, 7) is 4.67. The Balaban J connectivity index is 1.49. The Bertz CT molecular complexity index is 687. The number of aliphatic carboxylic acids is 1. The van der Waals surface area contributed by atoms with Crippen LogP contribution in [0.2, 0.25) is 0 Å². The van der Waals surface area contributed by atoms with Gasteiger partial charge in [-0.2, -0.15) is 0 Å². The second kappa shape index (κ2) is 9.78. The zero-order chi connectivity index (χ0) is 19.9. The fourth-order valence-electron chi connectivity index (χ4n) is 3.87. The molecule has 7 heteroatoms. The van der Waals surface area contributed by atoms with Gasteiger partial charge < -0.3 is 19.5 Å². The molecule has 7 nitrogen and oxygen atoms in total. The van der Waals surface area contributed by atoms with Gasteiger partial charge in [-0.05, 0) is 50.0 Å². The van der Waals surface area contributed by atoms with E-state index in [1.54, 1.807) is 12.0 Å². The molecule has 2 aliphatic heterocycles. The summed E-state index contributed by atoms with van der Waals surface area (Å²) in [7, 11) is 1.62. The highest BCUT2D eigenvalue weighted by Crippen LogP contribution is 2.29. The van der Waals surface area contributed by atoms with Gasteiger partial charge >= 0.3 is 5.97 Å². The third-order valence-electron chi connectivity index (χ3n) is 5.58. The third-order valence-corrected chi connectivity index (χ3v) is 5.58. The van der Waals surface area contributed by atoms with Gasteiger partial charge in [0, 0.05) is 26.1 Å². The van der Waals surface area contributed by atoms with Crippen molar-refractivity contribution in [3.8, 4) is 11.5 Å². The van der Waals surface area contributed by atoms with E-state index in [0.29, 0.717) is 31.9 Å². The maximum absolute atomic E-state index is 12.0. The van der Waals surface area contributed by atoms with E-state index >= 15 is 0 Å². The highest BCUT2D eigenvalue weighted by Gasteiger charge is 2.33. The molecule has 2 aliphatic rings. The van der Waals surface area contributed by atoms with Crippen LogP contribution in [-0.4, -0.2) is 73.2 Å². The molecule has 154 valence electrons. The van der Waals surface area contributed by atoms with Gasteiger partial charge in [0.15, 0.2) is 11.5 Å². The number of amides is 1. The predicted molar refractivity (Wildman–Crippen MR) is 105 cm³/mol. The summed E-state index contributed by atoms with van der Waals surface area (Å²) in [5.41, 5.74) is 1.03. The Morgan fingerprint density at radius 3 is 2.64 bits per heavy atom. The number of carboxylic acids is 1. The van der Waals surface area contributed by atoms with Gasteiger partial charge in [-0.15, -0.1) is 0 Å². The normalized spacial score (nSPS) is 20.4. The van der Waals surface area contributed by atoms with E-state index in [1.165, 1.54) is 19.3 Å². The monoisotopic (exact) mass is 390 g/mol. The van der Waals surface area contributed by atoms with Crippen molar-refractivity contribution >= 4 is 11.9 Å². The number of methoxy groups -OCH3 is 1. The first-order valence-corrected chi connectivity index (χ1v) is 10.1. The van der Waals surface area contributed by atoms with E-state index in [4.69, 9.17) is 14.6 Å². The Morgan fingerprint density at radius 1 is 1.18 bits per heavy atom. The van der Waals surface area contributed by atoms with E-state index in [9.17, 15) is 9.59 Å². The molecule has 1 aromatic carbocycles. The van der Waals surface area contributed by atoms with Crippen LogP contribution in [0.4, 0.5) is 0 Å². The summed E-state index contributed by atoms with van der Waals surface area (Å²) in [5, 5.41) is 9.07. The number of carbonyl (C=O) groups excluding carboxylic acids is 1. The molecule has 1 aromatic rings.